The Hall–Kier alpha value is -3.52. The Labute approximate surface area is 169 Å². The lowest BCUT2D eigenvalue weighted by Crippen LogP contribution is -2.37. The van der Waals surface area contributed by atoms with Crippen molar-refractivity contribution in [2.24, 2.45) is 0 Å². The van der Waals surface area contributed by atoms with Crippen LogP contribution in [-0.4, -0.2) is 33.8 Å². The van der Waals surface area contributed by atoms with E-state index in [9.17, 15) is 18.4 Å². The Balaban J connectivity index is 1.62. The molecular formula is C22H17F2N3O3. The molecule has 0 unspecified atom stereocenters. The molecule has 0 saturated carbocycles. The van der Waals surface area contributed by atoms with Crippen LogP contribution in [-0.2, 0) is 11.3 Å². The van der Waals surface area contributed by atoms with E-state index < -0.39 is 23.2 Å². The third-order valence-corrected chi connectivity index (χ3v) is 5.60. The van der Waals surface area contributed by atoms with Crippen molar-refractivity contribution in [1.82, 2.24) is 14.3 Å². The number of nitrogens with one attached hydrogen (secondary N) is 1. The molecule has 1 atom stereocenters. The maximum Gasteiger partial charge on any atom is 0.256 e. The Morgan fingerprint density at radius 2 is 1.93 bits per heavy atom. The molecular weight excluding hydrogens is 392 g/mol. The smallest absolute Gasteiger partial charge is 0.256 e. The Bertz CT molecular complexity index is 1380. The fourth-order valence-electron chi connectivity index (χ4n) is 4.06. The number of likely N-dealkylation sites (N-methyl/N-ethyl adjacent to an activating group) is 1. The number of benzene rings is 1. The number of amides is 1. The number of nitrogens with zero attached hydrogens (tertiary/aromatic N) is 2. The number of carbonyl (C=O) groups excluding carboxylic acids is 1. The first-order valence-corrected chi connectivity index (χ1v) is 9.39. The number of hydrogen-bond donors (Lipinski definition) is 1. The predicted octanol–water partition coefficient (Wildman–Crippen LogP) is 3.40. The van der Waals surface area contributed by atoms with E-state index in [0.29, 0.717) is 16.8 Å². The zero-order valence-electron chi connectivity index (χ0n) is 16.0. The van der Waals surface area contributed by atoms with Crippen LogP contribution in [0.25, 0.3) is 16.3 Å². The molecule has 0 saturated heterocycles. The molecule has 0 radical (unpaired) electrons. The average Bonchev–Trinajstić information content (AvgIpc) is 3.21. The lowest BCUT2D eigenvalue weighted by atomic mass is 9.95. The normalized spacial score (nSPS) is 16.0. The number of H-pyrrole nitrogens is 1. The number of pyridine rings is 2. The fourth-order valence-corrected chi connectivity index (χ4v) is 4.06. The highest BCUT2D eigenvalue weighted by Crippen LogP contribution is 2.34. The van der Waals surface area contributed by atoms with E-state index in [1.54, 1.807) is 25.4 Å². The van der Waals surface area contributed by atoms with Gasteiger partial charge in [0, 0.05) is 41.8 Å². The van der Waals surface area contributed by atoms with Crippen molar-refractivity contribution in [1.29, 1.82) is 0 Å². The summed E-state index contributed by atoms with van der Waals surface area (Å²) in [7, 11) is 1.63. The van der Waals surface area contributed by atoms with Gasteiger partial charge in [0.05, 0.1) is 24.6 Å². The molecule has 1 amide bonds. The highest BCUT2D eigenvalue weighted by Gasteiger charge is 2.31. The standard InChI is InChI=1S/C22H17F2N3O3/c1-26(22(29)12-4-6-27-5-2-3-13(27)7-12)19-11-30-10-18-20(19)14-8-16(23)17(24)9-15(14)21(28)25-18/h2-9,19H,10-11H2,1H3,(H,25,28)/t19-/m1/s1. The van der Waals surface area contributed by atoms with E-state index in [1.807, 2.05) is 22.7 Å². The number of fused-ring (bicyclic) bond motifs is 4. The second-order valence-corrected chi connectivity index (χ2v) is 7.36. The summed E-state index contributed by atoms with van der Waals surface area (Å²) in [6.07, 6.45) is 3.68. The quantitative estimate of drug-likeness (QED) is 0.552. The maximum absolute atomic E-state index is 14.0. The number of aromatic nitrogens is 2. The number of rotatable bonds is 2. The Morgan fingerprint density at radius 1 is 1.17 bits per heavy atom. The van der Waals surface area contributed by atoms with Gasteiger partial charge >= 0.3 is 0 Å². The Kier molecular flexibility index (Phi) is 4.18. The molecule has 0 fully saturated rings. The molecule has 0 spiro atoms. The Morgan fingerprint density at radius 3 is 2.73 bits per heavy atom. The van der Waals surface area contributed by atoms with E-state index in [4.69, 9.17) is 4.74 Å². The minimum Gasteiger partial charge on any atom is -0.373 e. The van der Waals surface area contributed by atoms with Crippen LogP contribution in [0.4, 0.5) is 8.78 Å². The predicted molar refractivity (Wildman–Crippen MR) is 106 cm³/mol. The molecule has 1 aliphatic rings. The molecule has 3 aromatic heterocycles. The maximum atomic E-state index is 14.0. The SMILES string of the molecule is CN(C(=O)c1ccn2cccc2c1)[C@@H]1COCc2[nH]c(=O)c3cc(F)c(F)cc3c21. The van der Waals surface area contributed by atoms with E-state index in [2.05, 4.69) is 4.98 Å². The first-order valence-electron chi connectivity index (χ1n) is 9.39. The van der Waals surface area contributed by atoms with E-state index in [1.165, 1.54) is 4.90 Å². The minimum absolute atomic E-state index is 0.0370. The molecule has 4 heterocycles. The van der Waals surface area contributed by atoms with Crippen molar-refractivity contribution in [2.45, 2.75) is 12.6 Å². The number of hydrogen-bond acceptors (Lipinski definition) is 3. The lowest BCUT2D eigenvalue weighted by Gasteiger charge is -2.34. The minimum atomic E-state index is -1.10. The van der Waals surface area contributed by atoms with Crippen LogP contribution in [0.1, 0.15) is 27.7 Å². The summed E-state index contributed by atoms with van der Waals surface area (Å²) in [6, 6.07) is 8.61. The largest absolute Gasteiger partial charge is 0.373 e. The third kappa shape index (κ3) is 2.80. The number of ether oxygens (including phenoxy) is 1. The van der Waals surface area contributed by atoms with Crippen molar-refractivity contribution in [3.63, 3.8) is 0 Å². The topological polar surface area (TPSA) is 66.8 Å². The van der Waals surface area contributed by atoms with Crippen LogP contribution >= 0.6 is 0 Å². The van der Waals surface area contributed by atoms with Crippen LogP contribution in [0.5, 0.6) is 0 Å². The lowest BCUT2D eigenvalue weighted by molar-refractivity contribution is 0.0335. The molecule has 6 nitrogen and oxygen atoms in total. The number of aromatic amines is 1. The second-order valence-electron chi connectivity index (χ2n) is 7.36. The third-order valence-electron chi connectivity index (χ3n) is 5.60. The summed E-state index contributed by atoms with van der Waals surface area (Å²) in [6.45, 7) is 0.289. The second kappa shape index (κ2) is 6.77. The van der Waals surface area contributed by atoms with Crippen LogP contribution in [0.2, 0.25) is 0 Å². The van der Waals surface area contributed by atoms with Gasteiger partial charge in [-0.25, -0.2) is 8.78 Å². The van der Waals surface area contributed by atoms with Gasteiger partial charge in [0.2, 0.25) is 0 Å². The first kappa shape index (κ1) is 18.5. The van der Waals surface area contributed by atoms with Crippen LogP contribution in [0.15, 0.2) is 53.6 Å². The summed E-state index contributed by atoms with van der Waals surface area (Å²) < 4.78 is 35.3. The van der Waals surface area contributed by atoms with E-state index in [0.717, 1.165) is 17.6 Å². The van der Waals surface area contributed by atoms with Gasteiger partial charge in [-0.05, 0) is 41.8 Å². The molecule has 1 aliphatic heterocycles. The number of carbonyl (C=O) groups is 1. The zero-order valence-corrected chi connectivity index (χ0v) is 16.0. The summed E-state index contributed by atoms with van der Waals surface area (Å²) in [4.78, 5) is 29.8. The number of halogens is 2. The average molecular weight is 409 g/mol. The van der Waals surface area contributed by atoms with Crippen molar-refractivity contribution in [2.75, 3.05) is 13.7 Å². The van der Waals surface area contributed by atoms with Crippen LogP contribution in [0, 0.1) is 11.6 Å². The first-order chi connectivity index (χ1) is 14.4. The van der Waals surface area contributed by atoms with Crippen molar-refractivity contribution < 1.29 is 18.3 Å². The molecule has 4 aromatic rings. The summed E-state index contributed by atoms with van der Waals surface area (Å²) >= 11 is 0. The molecule has 8 heteroatoms. The van der Waals surface area contributed by atoms with Gasteiger partial charge < -0.3 is 19.0 Å². The van der Waals surface area contributed by atoms with Gasteiger partial charge in [-0.1, -0.05) is 0 Å². The van der Waals surface area contributed by atoms with Gasteiger partial charge in [0.15, 0.2) is 11.6 Å². The van der Waals surface area contributed by atoms with E-state index >= 15 is 0 Å². The summed E-state index contributed by atoms with van der Waals surface area (Å²) in [5.74, 6) is -2.39. The van der Waals surface area contributed by atoms with Crippen LogP contribution < -0.4 is 5.56 Å². The van der Waals surface area contributed by atoms with Gasteiger partial charge in [-0.15, -0.1) is 0 Å². The molecule has 152 valence electrons. The summed E-state index contributed by atoms with van der Waals surface area (Å²) in [5, 5.41) is 0.317. The van der Waals surface area contributed by atoms with E-state index in [-0.39, 0.29) is 29.9 Å². The van der Waals surface area contributed by atoms with Gasteiger partial charge in [0.25, 0.3) is 11.5 Å². The monoisotopic (exact) mass is 409 g/mol. The fraction of sp³-hybridized carbons (Fsp3) is 0.182. The molecule has 1 aromatic carbocycles. The zero-order chi connectivity index (χ0) is 21.0. The molecule has 0 bridgehead atoms. The highest BCUT2D eigenvalue weighted by atomic mass is 19.2. The van der Waals surface area contributed by atoms with Crippen molar-refractivity contribution >= 4 is 22.2 Å². The van der Waals surface area contributed by atoms with Gasteiger partial charge in [0.1, 0.15) is 0 Å². The summed E-state index contributed by atoms with van der Waals surface area (Å²) in [5.41, 5.74) is 1.86. The molecule has 0 aliphatic carbocycles. The van der Waals surface area contributed by atoms with Gasteiger partial charge in [-0.2, -0.15) is 0 Å². The molecule has 5 rings (SSSR count). The van der Waals surface area contributed by atoms with Crippen molar-refractivity contribution in [3.05, 3.63) is 87.6 Å². The molecule has 1 N–H and O–H groups in total. The van der Waals surface area contributed by atoms with Crippen LogP contribution in [0.3, 0.4) is 0 Å². The van der Waals surface area contributed by atoms with Gasteiger partial charge in [-0.3, -0.25) is 9.59 Å². The highest BCUT2D eigenvalue weighted by molar-refractivity contribution is 5.96. The van der Waals surface area contributed by atoms with Crippen molar-refractivity contribution in [3.8, 4) is 0 Å². The molecule has 30 heavy (non-hydrogen) atoms.